The lowest BCUT2D eigenvalue weighted by molar-refractivity contribution is 0.154. The van der Waals surface area contributed by atoms with E-state index in [1.807, 2.05) is 6.92 Å². The molecule has 1 atom stereocenters. The fourth-order valence-electron chi connectivity index (χ4n) is 1.46. The van der Waals surface area contributed by atoms with Crippen molar-refractivity contribution in [3.05, 3.63) is 0 Å². The normalized spacial score (nSPS) is 23.8. The van der Waals surface area contributed by atoms with Crippen molar-refractivity contribution < 1.29 is 4.79 Å². The van der Waals surface area contributed by atoms with E-state index in [0.29, 0.717) is 6.54 Å². The molecule has 1 unspecified atom stereocenters. The van der Waals surface area contributed by atoms with Crippen LogP contribution in [0.3, 0.4) is 0 Å². The van der Waals surface area contributed by atoms with Crippen LogP contribution >= 0.6 is 0 Å². The molecule has 1 rings (SSSR count). The van der Waals surface area contributed by atoms with Gasteiger partial charge in [0, 0.05) is 13.1 Å². The predicted octanol–water partition coefficient (Wildman–Crippen LogP) is 0.487. The first-order chi connectivity index (χ1) is 5.75. The highest BCUT2D eigenvalue weighted by molar-refractivity contribution is 5.74. The van der Waals surface area contributed by atoms with E-state index in [9.17, 15) is 4.79 Å². The summed E-state index contributed by atoms with van der Waals surface area (Å²) >= 11 is 0. The number of hydrogen-bond donors (Lipinski definition) is 2. The number of hydrogen-bond acceptors (Lipinski definition) is 2. The zero-order valence-electron chi connectivity index (χ0n) is 7.55. The van der Waals surface area contributed by atoms with Crippen molar-refractivity contribution in [1.82, 2.24) is 10.2 Å². The highest BCUT2D eigenvalue weighted by Crippen LogP contribution is 2.12. The second-order valence-electron chi connectivity index (χ2n) is 3.09. The number of piperidine rings is 1. The molecular formula is C8H17N3O. The Bertz CT molecular complexity index is 160. The summed E-state index contributed by atoms with van der Waals surface area (Å²) in [6.45, 7) is 3.38. The smallest absolute Gasteiger partial charge is 0.318 e. The Balaban J connectivity index is 2.42. The summed E-state index contributed by atoms with van der Waals surface area (Å²) < 4.78 is 0. The van der Waals surface area contributed by atoms with Crippen molar-refractivity contribution in [3.63, 3.8) is 0 Å². The molecule has 1 saturated heterocycles. The third-order valence-corrected chi connectivity index (χ3v) is 2.14. The SMILES string of the molecule is CCNC(=O)N1CCCCC1N. The van der Waals surface area contributed by atoms with E-state index in [2.05, 4.69) is 5.32 Å². The summed E-state index contributed by atoms with van der Waals surface area (Å²) in [7, 11) is 0. The van der Waals surface area contributed by atoms with E-state index in [0.717, 1.165) is 25.8 Å². The molecule has 12 heavy (non-hydrogen) atoms. The first-order valence-electron chi connectivity index (χ1n) is 4.55. The van der Waals surface area contributed by atoms with Crippen molar-refractivity contribution in [3.8, 4) is 0 Å². The molecule has 1 heterocycles. The van der Waals surface area contributed by atoms with Gasteiger partial charge in [-0.2, -0.15) is 0 Å². The Morgan fingerprint density at radius 3 is 3.00 bits per heavy atom. The number of likely N-dealkylation sites (tertiary alicyclic amines) is 1. The average Bonchev–Trinajstić information content (AvgIpc) is 2.05. The highest BCUT2D eigenvalue weighted by atomic mass is 16.2. The lowest BCUT2D eigenvalue weighted by atomic mass is 10.1. The number of carbonyl (C=O) groups excluding carboxylic acids is 1. The molecule has 0 aromatic rings. The van der Waals surface area contributed by atoms with Crippen LogP contribution in [0.2, 0.25) is 0 Å². The fraction of sp³-hybridized carbons (Fsp3) is 0.875. The number of amides is 2. The lowest BCUT2D eigenvalue weighted by Crippen LogP contribution is -2.52. The summed E-state index contributed by atoms with van der Waals surface area (Å²) in [6, 6.07) is -0.0234. The third-order valence-electron chi connectivity index (χ3n) is 2.14. The number of nitrogens with zero attached hydrogens (tertiary/aromatic N) is 1. The highest BCUT2D eigenvalue weighted by Gasteiger charge is 2.22. The van der Waals surface area contributed by atoms with Crippen LogP contribution in [-0.4, -0.2) is 30.2 Å². The molecule has 0 aliphatic carbocycles. The second kappa shape index (κ2) is 4.30. The Kier molecular flexibility index (Phi) is 3.34. The van der Waals surface area contributed by atoms with Crippen molar-refractivity contribution in [2.45, 2.75) is 32.4 Å². The van der Waals surface area contributed by atoms with Crippen LogP contribution < -0.4 is 11.1 Å². The van der Waals surface area contributed by atoms with Gasteiger partial charge in [-0.05, 0) is 26.2 Å². The minimum absolute atomic E-state index is 0.0234. The molecule has 0 bridgehead atoms. The van der Waals surface area contributed by atoms with E-state index in [4.69, 9.17) is 5.73 Å². The summed E-state index contributed by atoms with van der Waals surface area (Å²) in [6.07, 6.45) is 3.06. The largest absolute Gasteiger partial charge is 0.338 e. The van der Waals surface area contributed by atoms with Crippen LogP contribution in [0, 0.1) is 0 Å². The van der Waals surface area contributed by atoms with Gasteiger partial charge in [-0.25, -0.2) is 4.79 Å². The maximum Gasteiger partial charge on any atom is 0.318 e. The topological polar surface area (TPSA) is 58.4 Å². The number of nitrogens with one attached hydrogen (secondary N) is 1. The van der Waals surface area contributed by atoms with Crippen LogP contribution in [-0.2, 0) is 0 Å². The Hall–Kier alpha value is -0.770. The van der Waals surface area contributed by atoms with E-state index >= 15 is 0 Å². The summed E-state index contributed by atoms with van der Waals surface area (Å²) in [5.74, 6) is 0. The molecule has 2 amide bonds. The monoisotopic (exact) mass is 171 g/mol. The number of carbonyl (C=O) groups is 1. The molecule has 0 radical (unpaired) electrons. The first kappa shape index (κ1) is 9.32. The molecule has 1 aliphatic rings. The summed E-state index contributed by atoms with van der Waals surface area (Å²) in [5.41, 5.74) is 5.78. The summed E-state index contributed by atoms with van der Waals surface area (Å²) in [5, 5.41) is 2.75. The maximum absolute atomic E-state index is 11.3. The number of urea groups is 1. The molecule has 0 aromatic carbocycles. The molecule has 3 N–H and O–H groups in total. The van der Waals surface area contributed by atoms with Crippen LogP contribution in [0.5, 0.6) is 0 Å². The van der Waals surface area contributed by atoms with Gasteiger partial charge in [0.1, 0.15) is 0 Å². The van der Waals surface area contributed by atoms with Gasteiger partial charge in [-0.1, -0.05) is 0 Å². The molecule has 4 heteroatoms. The molecular weight excluding hydrogens is 154 g/mol. The zero-order valence-corrected chi connectivity index (χ0v) is 7.55. The van der Waals surface area contributed by atoms with Crippen LogP contribution in [0.4, 0.5) is 4.79 Å². The molecule has 0 aromatic heterocycles. The summed E-state index contributed by atoms with van der Waals surface area (Å²) in [4.78, 5) is 13.1. The first-order valence-corrected chi connectivity index (χ1v) is 4.55. The Morgan fingerprint density at radius 2 is 2.42 bits per heavy atom. The van der Waals surface area contributed by atoms with E-state index < -0.39 is 0 Å². The standard InChI is InChI=1S/C8H17N3O/c1-2-10-8(12)11-6-4-3-5-7(11)9/h7H,2-6,9H2,1H3,(H,10,12). The number of nitrogens with two attached hydrogens (primary N) is 1. The second-order valence-corrected chi connectivity index (χ2v) is 3.09. The van der Waals surface area contributed by atoms with E-state index in [-0.39, 0.29) is 12.2 Å². The van der Waals surface area contributed by atoms with Gasteiger partial charge in [-0.3, -0.25) is 0 Å². The minimum Gasteiger partial charge on any atom is -0.338 e. The maximum atomic E-state index is 11.3. The van der Waals surface area contributed by atoms with Gasteiger partial charge < -0.3 is 16.0 Å². The Morgan fingerprint density at radius 1 is 1.67 bits per heavy atom. The molecule has 4 nitrogen and oxygen atoms in total. The molecule has 0 spiro atoms. The van der Waals surface area contributed by atoms with Crippen molar-refractivity contribution in [2.24, 2.45) is 5.73 Å². The quantitative estimate of drug-likeness (QED) is 0.603. The Labute approximate surface area is 73.1 Å². The van der Waals surface area contributed by atoms with Gasteiger partial charge in [0.2, 0.25) is 0 Å². The molecule has 1 fully saturated rings. The van der Waals surface area contributed by atoms with E-state index in [1.165, 1.54) is 0 Å². The van der Waals surface area contributed by atoms with Crippen molar-refractivity contribution in [1.29, 1.82) is 0 Å². The average molecular weight is 171 g/mol. The van der Waals surface area contributed by atoms with Crippen LogP contribution in [0.1, 0.15) is 26.2 Å². The molecule has 0 saturated carbocycles. The zero-order chi connectivity index (χ0) is 8.97. The predicted molar refractivity (Wildman–Crippen MR) is 47.6 cm³/mol. The van der Waals surface area contributed by atoms with Crippen LogP contribution in [0.15, 0.2) is 0 Å². The third kappa shape index (κ3) is 2.11. The number of rotatable bonds is 1. The fourth-order valence-corrected chi connectivity index (χ4v) is 1.46. The minimum atomic E-state index is -0.0784. The van der Waals surface area contributed by atoms with Crippen molar-refractivity contribution in [2.75, 3.05) is 13.1 Å². The molecule has 70 valence electrons. The van der Waals surface area contributed by atoms with Crippen LogP contribution in [0.25, 0.3) is 0 Å². The lowest BCUT2D eigenvalue weighted by Gasteiger charge is -2.32. The molecule has 1 aliphatic heterocycles. The van der Waals surface area contributed by atoms with Gasteiger partial charge >= 0.3 is 6.03 Å². The van der Waals surface area contributed by atoms with E-state index in [1.54, 1.807) is 4.90 Å². The van der Waals surface area contributed by atoms with Gasteiger partial charge in [-0.15, -0.1) is 0 Å². The van der Waals surface area contributed by atoms with Crippen molar-refractivity contribution >= 4 is 6.03 Å². The van der Waals surface area contributed by atoms with Gasteiger partial charge in [0.05, 0.1) is 6.17 Å². The van der Waals surface area contributed by atoms with Gasteiger partial charge in [0.25, 0.3) is 0 Å². The van der Waals surface area contributed by atoms with Gasteiger partial charge in [0.15, 0.2) is 0 Å².